The number of hydrogen-bond donors (Lipinski definition) is 3. The molecule has 0 aromatic carbocycles. The van der Waals surface area contributed by atoms with Crippen molar-refractivity contribution < 1.29 is 19.3 Å². The van der Waals surface area contributed by atoms with Gasteiger partial charge in [-0.25, -0.2) is 9.36 Å². The van der Waals surface area contributed by atoms with Gasteiger partial charge in [0.1, 0.15) is 12.3 Å². The Morgan fingerprint density at radius 2 is 2.29 bits per heavy atom. The second kappa shape index (κ2) is 4.40. The topological polar surface area (TPSA) is 105 Å². The molecule has 0 spiro atoms. The number of halogens is 1. The maximum absolute atomic E-state index is 13.0. The first-order valence-electron chi connectivity index (χ1n) is 4.98. The highest BCUT2D eigenvalue weighted by Crippen LogP contribution is 2.26. The maximum atomic E-state index is 13.0. The molecule has 94 valence electrons. The minimum absolute atomic E-state index is 0.0579. The van der Waals surface area contributed by atoms with E-state index in [4.69, 9.17) is 9.84 Å². The van der Waals surface area contributed by atoms with Crippen LogP contribution in [0, 0.1) is 5.82 Å². The van der Waals surface area contributed by atoms with Gasteiger partial charge in [0.2, 0.25) is 5.82 Å². The molecule has 1 saturated heterocycles. The van der Waals surface area contributed by atoms with Crippen molar-refractivity contribution in [3.63, 3.8) is 0 Å². The van der Waals surface area contributed by atoms with Crippen LogP contribution < -0.4 is 11.2 Å². The zero-order valence-corrected chi connectivity index (χ0v) is 8.67. The maximum Gasteiger partial charge on any atom is 0.330 e. The molecule has 8 heteroatoms. The van der Waals surface area contributed by atoms with E-state index in [1.54, 1.807) is 0 Å². The number of aromatic amines is 1. The molecule has 2 rings (SSSR count). The fraction of sp³-hybridized carbons (Fsp3) is 0.556. The number of aliphatic hydroxyl groups is 2. The monoisotopic (exact) mass is 246 g/mol. The lowest BCUT2D eigenvalue weighted by atomic mass is 10.2. The minimum atomic E-state index is -1.12. The van der Waals surface area contributed by atoms with Crippen LogP contribution in [0.5, 0.6) is 0 Å². The van der Waals surface area contributed by atoms with Crippen LogP contribution >= 0.6 is 0 Å². The van der Waals surface area contributed by atoms with Crippen LogP contribution in [0.2, 0.25) is 0 Å². The normalized spacial score (nSPS) is 28.5. The molecule has 1 aromatic rings. The molecule has 7 nitrogen and oxygen atoms in total. The second-order valence-corrected chi connectivity index (χ2v) is 3.73. The average Bonchev–Trinajstić information content (AvgIpc) is 2.65. The van der Waals surface area contributed by atoms with Crippen LogP contribution in [-0.2, 0) is 4.74 Å². The molecule has 1 fully saturated rings. The van der Waals surface area contributed by atoms with Gasteiger partial charge in [0.15, 0.2) is 0 Å². The van der Waals surface area contributed by atoms with E-state index in [1.807, 2.05) is 4.98 Å². The van der Waals surface area contributed by atoms with Gasteiger partial charge in [0.05, 0.1) is 12.7 Å². The first kappa shape index (κ1) is 12.0. The zero-order chi connectivity index (χ0) is 12.6. The number of nitrogens with one attached hydrogen (secondary N) is 1. The molecule has 17 heavy (non-hydrogen) atoms. The minimum Gasteiger partial charge on any atom is -0.394 e. The summed E-state index contributed by atoms with van der Waals surface area (Å²) in [4.78, 5) is 24.9. The molecule has 0 amide bonds. The molecular weight excluding hydrogens is 235 g/mol. The number of aromatic nitrogens is 2. The van der Waals surface area contributed by atoms with E-state index in [2.05, 4.69) is 0 Å². The highest BCUT2D eigenvalue weighted by molar-refractivity contribution is 4.91. The van der Waals surface area contributed by atoms with Crippen LogP contribution in [0.3, 0.4) is 0 Å². The SMILES string of the molecule is O=c1[nH]cc(F)c(=O)n1[C@H]1C[C@H](O)[C@@H](CO)O1. The van der Waals surface area contributed by atoms with E-state index in [0.717, 1.165) is 0 Å². The van der Waals surface area contributed by atoms with E-state index in [1.165, 1.54) is 0 Å². The van der Waals surface area contributed by atoms with Crippen molar-refractivity contribution in [2.45, 2.75) is 24.9 Å². The number of ether oxygens (including phenoxy) is 1. The Morgan fingerprint density at radius 3 is 2.88 bits per heavy atom. The van der Waals surface area contributed by atoms with Gasteiger partial charge in [-0.2, -0.15) is 4.39 Å². The summed E-state index contributed by atoms with van der Waals surface area (Å²) in [6.45, 7) is -0.445. The molecule has 1 aliphatic rings. The van der Waals surface area contributed by atoms with E-state index >= 15 is 0 Å². The third-order valence-electron chi connectivity index (χ3n) is 2.64. The third-order valence-corrected chi connectivity index (χ3v) is 2.64. The quantitative estimate of drug-likeness (QED) is 0.578. The highest BCUT2D eigenvalue weighted by Gasteiger charge is 2.36. The molecular formula is C9H11FN2O5. The molecule has 3 atom stereocenters. The Labute approximate surface area is 94.1 Å². The predicted octanol–water partition coefficient (Wildman–Crippen LogP) is -1.68. The van der Waals surface area contributed by atoms with Crippen molar-refractivity contribution in [1.29, 1.82) is 0 Å². The van der Waals surface area contributed by atoms with E-state index in [0.29, 0.717) is 10.8 Å². The fourth-order valence-corrected chi connectivity index (χ4v) is 1.76. The molecule has 0 radical (unpaired) electrons. The van der Waals surface area contributed by atoms with Crippen molar-refractivity contribution in [3.8, 4) is 0 Å². The van der Waals surface area contributed by atoms with Gasteiger partial charge >= 0.3 is 5.69 Å². The number of aliphatic hydroxyl groups excluding tert-OH is 2. The lowest BCUT2D eigenvalue weighted by Crippen LogP contribution is -2.39. The van der Waals surface area contributed by atoms with Gasteiger partial charge in [-0.3, -0.25) is 4.79 Å². The number of H-pyrrole nitrogens is 1. The zero-order valence-electron chi connectivity index (χ0n) is 8.67. The van der Waals surface area contributed by atoms with Crippen LogP contribution in [0.25, 0.3) is 0 Å². The summed E-state index contributed by atoms with van der Waals surface area (Å²) >= 11 is 0. The Balaban J connectivity index is 2.40. The molecule has 2 heterocycles. The Bertz CT molecular complexity index is 525. The number of hydrogen-bond acceptors (Lipinski definition) is 5. The molecule has 0 saturated carbocycles. The van der Waals surface area contributed by atoms with Crippen molar-refractivity contribution in [1.82, 2.24) is 9.55 Å². The first-order chi connectivity index (χ1) is 8.04. The summed E-state index contributed by atoms with van der Waals surface area (Å²) in [5, 5.41) is 18.3. The van der Waals surface area contributed by atoms with Gasteiger partial charge < -0.3 is 19.9 Å². The van der Waals surface area contributed by atoms with E-state index in [9.17, 15) is 19.1 Å². The Morgan fingerprint density at radius 1 is 1.59 bits per heavy atom. The average molecular weight is 246 g/mol. The largest absolute Gasteiger partial charge is 0.394 e. The van der Waals surface area contributed by atoms with E-state index in [-0.39, 0.29) is 6.42 Å². The molecule has 0 unspecified atom stereocenters. The summed E-state index contributed by atoms with van der Waals surface area (Å²) < 4.78 is 18.7. The smallest absolute Gasteiger partial charge is 0.330 e. The van der Waals surface area contributed by atoms with Gasteiger partial charge in [-0.15, -0.1) is 0 Å². The fourth-order valence-electron chi connectivity index (χ4n) is 1.76. The summed E-state index contributed by atoms with van der Waals surface area (Å²) in [6, 6.07) is 0. The van der Waals surface area contributed by atoms with E-state index < -0.39 is 42.1 Å². The molecule has 1 aliphatic heterocycles. The Hall–Kier alpha value is -1.51. The molecule has 0 aliphatic carbocycles. The summed E-state index contributed by atoms with van der Waals surface area (Å²) in [7, 11) is 0. The lowest BCUT2D eigenvalue weighted by molar-refractivity contribution is -0.0472. The highest BCUT2D eigenvalue weighted by atomic mass is 19.1. The molecule has 3 N–H and O–H groups in total. The van der Waals surface area contributed by atoms with Gasteiger partial charge in [-0.05, 0) is 0 Å². The summed E-state index contributed by atoms with van der Waals surface area (Å²) in [6.07, 6.45) is -2.35. The Kier molecular flexibility index (Phi) is 3.09. The molecule has 1 aromatic heterocycles. The lowest BCUT2D eigenvalue weighted by Gasteiger charge is -2.13. The standard InChI is InChI=1S/C9H11FN2O5/c10-4-2-11-9(16)12(8(4)15)7-1-5(14)6(3-13)17-7/h2,5-7,13-14H,1,3H2,(H,11,16)/t5-,6+,7+/m0/s1. The van der Waals surface area contributed by atoms with Crippen LogP contribution in [0.4, 0.5) is 4.39 Å². The van der Waals surface area contributed by atoms with Crippen LogP contribution in [-0.4, -0.2) is 38.6 Å². The van der Waals surface area contributed by atoms with Gasteiger partial charge in [0.25, 0.3) is 5.56 Å². The predicted molar refractivity (Wildman–Crippen MR) is 52.9 cm³/mol. The van der Waals surface area contributed by atoms with Crippen LogP contribution in [0.1, 0.15) is 12.6 Å². The van der Waals surface area contributed by atoms with Crippen molar-refractivity contribution in [2.24, 2.45) is 0 Å². The molecule has 0 bridgehead atoms. The third kappa shape index (κ3) is 2.02. The van der Waals surface area contributed by atoms with Crippen molar-refractivity contribution in [3.05, 3.63) is 32.9 Å². The van der Waals surface area contributed by atoms with Crippen molar-refractivity contribution >= 4 is 0 Å². The summed E-state index contributed by atoms with van der Waals surface area (Å²) in [5.74, 6) is -1.12. The second-order valence-electron chi connectivity index (χ2n) is 3.73. The van der Waals surface area contributed by atoms with Crippen LogP contribution in [0.15, 0.2) is 15.8 Å². The summed E-state index contributed by atoms with van der Waals surface area (Å²) in [5.41, 5.74) is -1.95. The number of rotatable bonds is 2. The first-order valence-corrected chi connectivity index (χ1v) is 4.98. The van der Waals surface area contributed by atoms with Gasteiger partial charge in [0, 0.05) is 12.6 Å². The number of nitrogens with zero attached hydrogens (tertiary/aromatic N) is 1. The van der Waals surface area contributed by atoms with Gasteiger partial charge in [-0.1, -0.05) is 0 Å². The van der Waals surface area contributed by atoms with Crippen molar-refractivity contribution in [2.75, 3.05) is 6.61 Å².